The van der Waals surface area contributed by atoms with Crippen LogP contribution in [0.2, 0.25) is 0 Å². The number of nitrogens with zero attached hydrogens (tertiary/aromatic N) is 2. The van der Waals surface area contributed by atoms with Crippen molar-refractivity contribution in [3.05, 3.63) is 74.2 Å². The zero-order chi connectivity index (χ0) is 18.2. The Morgan fingerprint density at radius 2 is 1.96 bits per heavy atom. The van der Waals surface area contributed by atoms with Crippen molar-refractivity contribution in [3.63, 3.8) is 0 Å². The molecule has 0 aliphatic heterocycles. The third-order valence-electron chi connectivity index (χ3n) is 3.44. The Bertz CT molecular complexity index is 793. The van der Waals surface area contributed by atoms with Gasteiger partial charge in [0, 0.05) is 22.5 Å². The Balaban J connectivity index is 1.98. The number of nitro groups is 1. The first-order valence-electron chi connectivity index (χ1n) is 7.36. The number of esters is 1. The van der Waals surface area contributed by atoms with Crippen LogP contribution in [0.15, 0.2) is 58.2 Å². The maximum Gasteiger partial charge on any atom is 0.356 e. The number of carbonyl (C=O) groups is 1. The van der Waals surface area contributed by atoms with Gasteiger partial charge in [0.1, 0.15) is 6.61 Å². The van der Waals surface area contributed by atoms with Crippen molar-refractivity contribution < 1.29 is 19.7 Å². The summed E-state index contributed by atoms with van der Waals surface area (Å²) in [4.78, 5) is 22.6. The molecule has 0 unspecified atom stereocenters. The summed E-state index contributed by atoms with van der Waals surface area (Å²) in [6, 6.07) is 13.7. The van der Waals surface area contributed by atoms with Gasteiger partial charge in [-0.3, -0.25) is 10.1 Å². The van der Waals surface area contributed by atoms with Crippen LogP contribution in [-0.2, 0) is 22.6 Å². The van der Waals surface area contributed by atoms with Crippen molar-refractivity contribution in [1.82, 2.24) is 0 Å². The highest BCUT2D eigenvalue weighted by molar-refractivity contribution is 9.10. The molecule has 0 atom stereocenters. The molecule has 1 N–H and O–H groups in total. The van der Waals surface area contributed by atoms with Crippen molar-refractivity contribution in [3.8, 4) is 0 Å². The molecule has 2 aromatic carbocycles. The fraction of sp³-hybridized carbons (Fsp3) is 0.176. The van der Waals surface area contributed by atoms with Crippen LogP contribution < -0.4 is 0 Å². The van der Waals surface area contributed by atoms with Gasteiger partial charge >= 0.3 is 5.97 Å². The second-order valence-corrected chi connectivity index (χ2v) is 6.05. The molecule has 0 bridgehead atoms. The molecule has 0 aliphatic carbocycles. The minimum atomic E-state index is -0.758. The van der Waals surface area contributed by atoms with Crippen molar-refractivity contribution in [1.29, 1.82) is 0 Å². The smallest absolute Gasteiger partial charge is 0.356 e. The molecular weight excluding hydrogens is 392 g/mol. The van der Waals surface area contributed by atoms with E-state index < -0.39 is 10.9 Å². The lowest BCUT2D eigenvalue weighted by Crippen LogP contribution is -2.18. The number of rotatable bonds is 7. The van der Waals surface area contributed by atoms with E-state index >= 15 is 0 Å². The van der Waals surface area contributed by atoms with Crippen LogP contribution in [0.25, 0.3) is 0 Å². The maximum absolute atomic E-state index is 12.0. The zero-order valence-electron chi connectivity index (χ0n) is 13.1. The van der Waals surface area contributed by atoms with Gasteiger partial charge in [-0.2, -0.15) is 0 Å². The Kier molecular flexibility index (Phi) is 6.64. The molecule has 0 amide bonds. The van der Waals surface area contributed by atoms with Gasteiger partial charge in [-0.15, -0.1) is 0 Å². The summed E-state index contributed by atoms with van der Waals surface area (Å²) in [6.45, 7) is 0.0527. The molecule has 0 radical (unpaired) electrons. The molecule has 0 heterocycles. The monoisotopic (exact) mass is 406 g/mol. The summed E-state index contributed by atoms with van der Waals surface area (Å²) < 4.78 is 5.68. The highest BCUT2D eigenvalue weighted by atomic mass is 79.9. The SMILES string of the molecule is O=C(OCc1ccccc1)/C(CCc1ccc(Br)cc1[N+](=O)[O-])=N\O. The Morgan fingerprint density at radius 1 is 1.24 bits per heavy atom. The highest BCUT2D eigenvalue weighted by Gasteiger charge is 2.18. The first kappa shape index (κ1) is 18.6. The fourth-order valence-corrected chi connectivity index (χ4v) is 2.52. The average molecular weight is 407 g/mol. The number of halogens is 1. The molecule has 0 fully saturated rings. The fourth-order valence-electron chi connectivity index (χ4n) is 2.17. The van der Waals surface area contributed by atoms with Crippen LogP contribution in [0.1, 0.15) is 17.5 Å². The van der Waals surface area contributed by atoms with Gasteiger partial charge in [-0.25, -0.2) is 4.79 Å². The normalized spacial score (nSPS) is 11.2. The minimum absolute atomic E-state index is 0.0204. The molecule has 0 aliphatic rings. The lowest BCUT2D eigenvalue weighted by molar-refractivity contribution is -0.385. The zero-order valence-corrected chi connectivity index (χ0v) is 14.7. The quantitative estimate of drug-likeness (QED) is 0.247. The van der Waals surface area contributed by atoms with E-state index in [4.69, 9.17) is 9.94 Å². The van der Waals surface area contributed by atoms with E-state index in [0.717, 1.165) is 5.56 Å². The van der Waals surface area contributed by atoms with Gasteiger partial charge in [0.2, 0.25) is 0 Å². The predicted octanol–water partition coefficient (Wildman–Crippen LogP) is 3.86. The first-order chi connectivity index (χ1) is 12.0. The number of hydrogen-bond acceptors (Lipinski definition) is 6. The van der Waals surface area contributed by atoms with E-state index in [-0.39, 0.29) is 30.8 Å². The first-order valence-corrected chi connectivity index (χ1v) is 8.15. The number of oxime groups is 1. The van der Waals surface area contributed by atoms with Gasteiger partial charge in [0.15, 0.2) is 5.71 Å². The summed E-state index contributed by atoms with van der Waals surface area (Å²) in [5, 5.41) is 23.1. The third-order valence-corrected chi connectivity index (χ3v) is 3.94. The van der Waals surface area contributed by atoms with Gasteiger partial charge in [0.25, 0.3) is 5.69 Å². The summed E-state index contributed by atoms with van der Waals surface area (Å²) in [5.74, 6) is -0.758. The van der Waals surface area contributed by atoms with Crippen molar-refractivity contribution in [2.24, 2.45) is 5.16 Å². The second-order valence-electron chi connectivity index (χ2n) is 5.14. The Labute approximate surface area is 152 Å². The number of benzene rings is 2. The number of carbonyl (C=O) groups excluding carboxylic acids is 1. The van der Waals surface area contributed by atoms with Crippen LogP contribution in [0, 0.1) is 10.1 Å². The van der Waals surface area contributed by atoms with Gasteiger partial charge in [-0.05, 0) is 18.1 Å². The molecule has 0 saturated heterocycles. The molecule has 0 spiro atoms. The highest BCUT2D eigenvalue weighted by Crippen LogP contribution is 2.24. The molecule has 2 aromatic rings. The van der Waals surface area contributed by atoms with Crippen molar-refractivity contribution in [2.75, 3.05) is 0 Å². The summed E-state index contributed by atoms with van der Waals surface area (Å²) in [7, 11) is 0. The molecule has 130 valence electrons. The number of aryl methyl sites for hydroxylation is 1. The van der Waals surface area contributed by atoms with E-state index in [0.29, 0.717) is 10.0 Å². The maximum atomic E-state index is 12.0. The lowest BCUT2D eigenvalue weighted by atomic mass is 10.1. The molecular formula is C17H15BrN2O5. The summed E-state index contributed by atoms with van der Waals surface area (Å²) in [5.41, 5.74) is 0.986. The molecule has 8 heteroatoms. The van der Waals surface area contributed by atoms with Gasteiger partial charge < -0.3 is 9.94 Å². The van der Waals surface area contributed by atoms with E-state index in [1.165, 1.54) is 6.07 Å². The van der Waals surface area contributed by atoms with Crippen molar-refractivity contribution in [2.45, 2.75) is 19.4 Å². The lowest BCUT2D eigenvalue weighted by Gasteiger charge is -2.07. The Morgan fingerprint density at radius 3 is 2.60 bits per heavy atom. The van der Waals surface area contributed by atoms with Gasteiger partial charge in [-0.1, -0.05) is 57.5 Å². The number of ether oxygens (including phenoxy) is 1. The average Bonchev–Trinajstić information content (AvgIpc) is 2.62. The van der Waals surface area contributed by atoms with Crippen LogP contribution in [0.5, 0.6) is 0 Å². The summed E-state index contributed by atoms with van der Waals surface area (Å²) >= 11 is 3.18. The van der Waals surface area contributed by atoms with E-state index in [9.17, 15) is 14.9 Å². The third kappa shape index (κ3) is 5.39. The van der Waals surface area contributed by atoms with Crippen molar-refractivity contribution >= 4 is 33.3 Å². The number of nitro benzene ring substituents is 1. The van der Waals surface area contributed by atoms with E-state index in [2.05, 4.69) is 21.1 Å². The van der Waals surface area contributed by atoms with E-state index in [1.807, 2.05) is 18.2 Å². The molecule has 2 rings (SSSR count). The summed E-state index contributed by atoms with van der Waals surface area (Å²) in [6.07, 6.45) is 0.190. The minimum Gasteiger partial charge on any atom is -0.456 e. The molecule has 0 aromatic heterocycles. The molecule has 0 saturated carbocycles. The largest absolute Gasteiger partial charge is 0.456 e. The predicted molar refractivity (Wildman–Crippen MR) is 94.6 cm³/mol. The second kappa shape index (κ2) is 8.93. The topological polar surface area (TPSA) is 102 Å². The Hall–Kier alpha value is -2.74. The van der Waals surface area contributed by atoms with Crippen LogP contribution >= 0.6 is 15.9 Å². The van der Waals surface area contributed by atoms with Gasteiger partial charge in [0.05, 0.1) is 4.92 Å². The van der Waals surface area contributed by atoms with Crippen LogP contribution in [-0.4, -0.2) is 21.8 Å². The van der Waals surface area contributed by atoms with Crippen LogP contribution in [0.3, 0.4) is 0 Å². The molecule has 7 nitrogen and oxygen atoms in total. The molecule has 25 heavy (non-hydrogen) atoms. The standard InChI is InChI=1S/C17H15BrN2O5/c18-14-8-6-13(16(10-14)20(23)24)7-9-15(19-22)17(21)25-11-12-4-2-1-3-5-12/h1-6,8,10,22H,7,9,11H2/b19-15-. The van der Waals surface area contributed by atoms with E-state index in [1.54, 1.807) is 24.3 Å². The number of hydrogen-bond donors (Lipinski definition) is 1. The van der Waals surface area contributed by atoms with Crippen LogP contribution in [0.4, 0.5) is 5.69 Å².